The maximum atomic E-state index is 14.8. The summed E-state index contributed by atoms with van der Waals surface area (Å²) in [5.41, 5.74) is 4.02. The van der Waals surface area contributed by atoms with E-state index in [9.17, 15) is 9.59 Å². The third-order valence-corrected chi connectivity index (χ3v) is 7.83. The van der Waals surface area contributed by atoms with E-state index >= 15 is 0 Å². The molecule has 2 amide bonds. The van der Waals surface area contributed by atoms with E-state index in [1.54, 1.807) is 7.05 Å². The number of pyridine rings is 1. The van der Waals surface area contributed by atoms with E-state index in [-0.39, 0.29) is 0 Å². The first kappa shape index (κ1) is 28.0. The molecule has 6 rings (SSSR count). The highest BCUT2D eigenvalue weighted by molar-refractivity contribution is 6.13. The van der Waals surface area contributed by atoms with Gasteiger partial charge in [0.25, 0.3) is 5.91 Å². The Kier molecular flexibility index (Phi) is 7.84. The van der Waals surface area contributed by atoms with Gasteiger partial charge in [0.05, 0.1) is 36.1 Å². The largest absolute Gasteiger partial charge is 0.451 e. The number of hydrogen-bond donors (Lipinski definition) is 0. The average Bonchev–Trinajstić information content (AvgIpc) is 3.47. The molecular formula is C33H33N7O3. The maximum Gasteiger partial charge on any atom is 0.436 e. The van der Waals surface area contributed by atoms with Gasteiger partial charge in [-0.25, -0.2) is 9.78 Å². The highest BCUT2D eigenvalue weighted by Gasteiger charge is 2.34. The number of rotatable bonds is 7. The fourth-order valence-corrected chi connectivity index (χ4v) is 5.67. The van der Waals surface area contributed by atoms with E-state index in [4.69, 9.17) is 9.72 Å². The van der Waals surface area contributed by atoms with Crippen LogP contribution in [0.25, 0.3) is 22.2 Å². The fourth-order valence-electron chi connectivity index (χ4n) is 5.67. The summed E-state index contributed by atoms with van der Waals surface area (Å²) in [6, 6.07) is 26.6. The van der Waals surface area contributed by atoms with Crippen molar-refractivity contribution in [2.75, 3.05) is 25.7 Å². The molecule has 0 radical (unpaired) electrons. The highest BCUT2D eigenvalue weighted by Crippen LogP contribution is 2.34. The Morgan fingerprint density at radius 3 is 2.33 bits per heavy atom. The van der Waals surface area contributed by atoms with Crippen LogP contribution in [0.1, 0.15) is 34.5 Å². The van der Waals surface area contributed by atoms with Gasteiger partial charge in [0.2, 0.25) is 0 Å². The first-order valence-corrected chi connectivity index (χ1v) is 14.3. The summed E-state index contributed by atoms with van der Waals surface area (Å²) < 4.78 is 7.32. The molecule has 10 heteroatoms. The van der Waals surface area contributed by atoms with Crippen LogP contribution in [0.5, 0.6) is 0 Å². The molecule has 0 spiro atoms. The number of carbonyl (C=O) groups excluding carboxylic acids is 2. The molecule has 0 unspecified atom stereocenters. The van der Waals surface area contributed by atoms with Crippen LogP contribution in [0.2, 0.25) is 0 Å². The molecule has 43 heavy (non-hydrogen) atoms. The van der Waals surface area contributed by atoms with E-state index in [0.717, 1.165) is 47.3 Å². The molecule has 1 aliphatic heterocycles. The minimum absolute atomic E-state index is 0.402. The molecule has 3 aromatic carbocycles. The number of para-hydroxylation sites is 2. The summed E-state index contributed by atoms with van der Waals surface area (Å²) in [6.07, 6.45) is 0.0269. The van der Waals surface area contributed by atoms with Crippen molar-refractivity contribution in [3.8, 4) is 11.3 Å². The molecule has 5 aromatic rings. The van der Waals surface area contributed by atoms with Crippen molar-refractivity contribution in [1.29, 1.82) is 0 Å². The molecular weight excluding hydrogens is 542 g/mol. The molecule has 10 nitrogen and oxygen atoms in total. The van der Waals surface area contributed by atoms with Gasteiger partial charge in [0, 0.05) is 49.6 Å². The van der Waals surface area contributed by atoms with Gasteiger partial charge in [0.1, 0.15) is 11.6 Å². The Balaban J connectivity index is 1.53. The third-order valence-electron chi connectivity index (χ3n) is 7.83. The number of benzene rings is 3. The van der Waals surface area contributed by atoms with Gasteiger partial charge in [0.15, 0.2) is 0 Å². The summed E-state index contributed by atoms with van der Waals surface area (Å²) in [5.74, 6) is 1.36. The highest BCUT2D eigenvalue weighted by atomic mass is 16.5. The minimum Gasteiger partial charge on any atom is -0.451 e. The lowest BCUT2D eigenvalue weighted by molar-refractivity contribution is 0.0695. The van der Waals surface area contributed by atoms with Gasteiger partial charge in [-0.15, -0.1) is 15.2 Å². The van der Waals surface area contributed by atoms with Crippen LogP contribution in [0, 0.1) is 0 Å². The number of amides is 2. The molecule has 218 valence electrons. The van der Waals surface area contributed by atoms with Crippen molar-refractivity contribution in [3.05, 3.63) is 108 Å². The quantitative estimate of drug-likeness (QED) is 0.240. The van der Waals surface area contributed by atoms with E-state index < -0.39 is 12.0 Å². The second-order valence-corrected chi connectivity index (χ2v) is 10.4. The zero-order valence-corrected chi connectivity index (χ0v) is 24.5. The van der Waals surface area contributed by atoms with Crippen LogP contribution in [-0.4, -0.2) is 62.4 Å². The van der Waals surface area contributed by atoms with E-state index in [1.165, 1.54) is 12.1 Å². The number of hydrogen-bond acceptors (Lipinski definition) is 8. The van der Waals surface area contributed by atoms with Crippen LogP contribution in [0.3, 0.4) is 0 Å². The molecule has 2 aromatic heterocycles. The average molecular weight is 576 g/mol. The molecule has 3 heterocycles. The lowest BCUT2D eigenvalue weighted by Crippen LogP contribution is -2.49. The third kappa shape index (κ3) is 5.32. The molecule has 1 aliphatic rings. The first-order valence-electron chi connectivity index (χ1n) is 14.3. The summed E-state index contributed by atoms with van der Waals surface area (Å²) in [5, 5.41) is 12.0. The first-order chi connectivity index (χ1) is 21.0. The van der Waals surface area contributed by atoms with Crippen LogP contribution in [-0.2, 0) is 30.8 Å². The van der Waals surface area contributed by atoms with Crippen molar-refractivity contribution in [2.24, 2.45) is 0 Å². The number of fused-ring (bicyclic) bond motifs is 2. The second-order valence-electron chi connectivity index (χ2n) is 10.4. The maximum absolute atomic E-state index is 14.8. The molecule has 0 saturated heterocycles. The summed E-state index contributed by atoms with van der Waals surface area (Å²) in [6.45, 7) is 4.57. The SMILES string of the molecule is CCc1nnc2n1CCN(Cc1c(-c3ccccc3)nc3ccccc3c1C(=O)N(C(=O)OC)N(C)c1ccccc1)C2. The molecule has 0 fully saturated rings. The van der Waals surface area contributed by atoms with Gasteiger partial charge in [-0.2, -0.15) is 0 Å². The number of nitrogens with zero attached hydrogens (tertiary/aromatic N) is 7. The molecule has 0 aliphatic carbocycles. The van der Waals surface area contributed by atoms with Gasteiger partial charge in [-0.05, 0) is 18.2 Å². The molecule has 0 saturated carbocycles. The smallest absolute Gasteiger partial charge is 0.436 e. The Morgan fingerprint density at radius 2 is 1.60 bits per heavy atom. The predicted octanol–water partition coefficient (Wildman–Crippen LogP) is 5.33. The van der Waals surface area contributed by atoms with Crippen LogP contribution >= 0.6 is 0 Å². The van der Waals surface area contributed by atoms with Crippen molar-refractivity contribution < 1.29 is 14.3 Å². The van der Waals surface area contributed by atoms with Crippen molar-refractivity contribution >= 4 is 28.6 Å². The molecule has 0 N–H and O–H groups in total. The number of carbonyl (C=O) groups is 2. The van der Waals surface area contributed by atoms with Gasteiger partial charge < -0.3 is 9.30 Å². The summed E-state index contributed by atoms with van der Waals surface area (Å²) in [4.78, 5) is 35.4. The predicted molar refractivity (Wildman–Crippen MR) is 164 cm³/mol. The Labute approximate surface area is 250 Å². The zero-order valence-electron chi connectivity index (χ0n) is 24.5. The van der Waals surface area contributed by atoms with Gasteiger partial charge in [-0.1, -0.05) is 73.7 Å². The second kappa shape index (κ2) is 12.0. The van der Waals surface area contributed by atoms with Crippen LogP contribution in [0.15, 0.2) is 84.9 Å². The monoisotopic (exact) mass is 575 g/mol. The number of aryl methyl sites for hydroxylation is 1. The summed E-state index contributed by atoms with van der Waals surface area (Å²) in [7, 11) is 2.95. The molecule has 0 bridgehead atoms. The van der Waals surface area contributed by atoms with Crippen LogP contribution in [0.4, 0.5) is 10.5 Å². The number of ether oxygens (including phenoxy) is 1. The van der Waals surface area contributed by atoms with E-state index in [0.29, 0.717) is 40.9 Å². The summed E-state index contributed by atoms with van der Waals surface area (Å²) >= 11 is 0. The fraction of sp³-hybridized carbons (Fsp3) is 0.242. The normalized spacial score (nSPS) is 13.0. The Morgan fingerprint density at radius 1 is 0.907 bits per heavy atom. The Bertz CT molecular complexity index is 1770. The number of imide groups is 1. The van der Waals surface area contributed by atoms with E-state index in [2.05, 4.69) is 26.6 Å². The number of hydrazine groups is 1. The molecule has 0 atom stereocenters. The van der Waals surface area contributed by atoms with Gasteiger partial charge >= 0.3 is 6.09 Å². The van der Waals surface area contributed by atoms with Crippen molar-refractivity contribution in [3.63, 3.8) is 0 Å². The van der Waals surface area contributed by atoms with Gasteiger partial charge in [-0.3, -0.25) is 14.7 Å². The number of methoxy groups -OCH3 is 1. The lowest BCUT2D eigenvalue weighted by atomic mass is 9.95. The van der Waals surface area contributed by atoms with E-state index in [1.807, 2.05) is 84.9 Å². The zero-order chi connectivity index (χ0) is 29.9. The lowest BCUT2D eigenvalue weighted by Gasteiger charge is -2.33. The topological polar surface area (TPSA) is 96.7 Å². The minimum atomic E-state index is -0.789. The number of anilines is 1. The number of aromatic nitrogens is 4. The van der Waals surface area contributed by atoms with Crippen molar-refractivity contribution in [2.45, 2.75) is 33.0 Å². The van der Waals surface area contributed by atoms with Crippen LogP contribution < -0.4 is 5.01 Å². The van der Waals surface area contributed by atoms with Crippen molar-refractivity contribution in [1.82, 2.24) is 29.7 Å². The standard InChI is InChI=1S/C33H33N7O3/c1-4-28-35-36-29-22-38(19-20-39(28)29)21-26-30(32(41)40(33(42)43-3)37(2)24-15-9-6-10-16-24)25-17-11-12-18-27(25)34-31(26)23-13-7-5-8-14-23/h5-18H,4,19-22H2,1-3H3. The Hall–Kier alpha value is -5.09.